The Balaban J connectivity index is 1.91. The van der Waals surface area contributed by atoms with Crippen LogP contribution in [0, 0.1) is 12.8 Å². The first kappa shape index (κ1) is 8.54. The lowest BCUT2D eigenvalue weighted by Crippen LogP contribution is -2.33. The molecular formula is C11H16N2. The molecule has 1 fully saturated rings. The molecule has 0 bridgehead atoms. The number of aromatic nitrogens is 1. The van der Waals surface area contributed by atoms with Crippen molar-refractivity contribution in [2.24, 2.45) is 5.92 Å². The molecule has 0 aliphatic heterocycles. The fourth-order valence-corrected chi connectivity index (χ4v) is 1.78. The van der Waals surface area contributed by atoms with Crippen molar-refractivity contribution in [3.63, 3.8) is 0 Å². The topological polar surface area (TPSA) is 24.9 Å². The van der Waals surface area contributed by atoms with Crippen LogP contribution in [0.3, 0.4) is 0 Å². The lowest BCUT2D eigenvalue weighted by Gasteiger charge is -2.33. The van der Waals surface area contributed by atoms with Crippen LogP contribution in [-0.2, 0) is 0 Å². The van der Waals surface area contributed by atoms with E-state index in [1.165, 1.54) is 18.4 Å². The highest BCUT2D eigenvalue weighted by Crippen LogP contribution is 2.28. The lowest BCUT2D eigenvalue weighted by atomic mass is 9.82. The quantitative estimate of drug-likeness (QED) is 0.749. The first-order chi connectivity index (χ1) is 6.24. The Bertz CT molecular complexity index is 273. The van der Waals surface area contributed by atoms with Gasteiger partial charge in [-0.3, -0.25) is 0 Å². The van der Waals surface area contributed by atoms with Gasteiger partial charge < -0.3 is 5.32 Å². The van der Waals surface area contributed by atoms with Gasteiger partial charge in [0.25, 0.3) is 0 Å². The molecule has 0 unspecified atom stereocenters. The zero-order valence-electron chi connectivity index (χ0n) is 8.25. The van der Waals surface area contributed by atoms with Crippen molar-refractivity contribution in [1.82, 2.24) is 4.98 Å². The number of anilines is 1. The molecule has 0 saturated heterocycles. The molecule has 1 N–H and O–H groups in total. The van der Waals surface area contributed by atoms with E-state index in [0.29, 0.717) is 6.04 Å². The van der Waals surface area contributed by atoms with Gasteiger partial charge in [-0.15, -0.1) is 0 Å². The van der Waals surface area contributed by atoms with Crippen molar-refractivity contribution in [1.29, 1.82) is 0 Å². The zero-order chi connectivity index (χ0) is 9.26. The van der Waals surface area contributed by atoms with Crippen LogP contribution in [0.5, 0.6) is 0 Å². The third kappa shape index (κ3) is 2.00. The molecule has 2 rings (SSSR count). The molecule has 1 aliphatic carbocycles. The zero-order valence-corrected chi connectivity index (χ0v) is 8.25. The van der Waals surface area contributed by atoms with Crippen molar-refractivity contribution in [3.05, 3.63) is 23.9 Å². The third-order valence-corrected chi connectivity index (χ3v) is 2.64. The predicted molar refractivity (Wildman–Crippen MR) is 54.8 cm³/mol. The highest BCUT2D eigenvalue weighted by Gasteiger charge is 2.24. The SMILES string of the molecule is Cc1ccc(NC2CC(C)C2)nc1. The van der Waals surface area contributed by atoms with E-state index in [0.717, 1.165) is 11.7 Å². The number of rotatable bonds is 2. The van der Waals surface area contributed by atoms with E-state index in [9.17, 15) is 0 Å². The monoisotopic (exact) mass is 176 g/mol. The van der Waals surface area contributed by atoms with Crippen LogP contribution >= 0.6 is 0 Å². The summed E-state index contributed by atoms with van der Waals surface area (Å²) in [5.41, 5.74) is 1.22. The molecule has 1 heterocycles. The summed E-state index contributed by atoms with van der Waals surface area (Å²) in [6, 6.07) is 4.81. The van der Waals surface area contributed by atoms with Crippen LogP contribution in [-0.4, -0.2) is 11.0 Å². The van der Waals surface area contributed by atoms with Crippen LogP contribution in [0.15, 0.2) is 18.3 Å². The third-order valence-electron chi connectivity index (χ3n) is 2.64. The Morgan fingerprint density at radius 1 is 1.38 bits per heavy atom. The first-order valence-electron chi connectivity index (χ1n) is 4.93. The molecule has 1 saturated carbocycles. The van der Waals surface area contributed by atoms with E-state index < -0.39 is 0 Å². The highest BCUT2D eigenvalue weighted by molar-refractivity contribution is 5.36. The second-order valence-electron chi connectivity index (χ2n) is 4.14. The van der Waals surface area contributed by atoms with Crippen LogP contribution in [0.25, 0.3) is 0 Å². The van der Waals surface area contributed by atoms with Crippen LogP contribution in [0.1, 0.15) is 25.3 Å². The van der Waals surface area contributed by atoms with Gasteiger partial charge in [0.05, 0.1) is 0 Å². The van der Waals surface area contributed by atoms with E-state index in [-0.39, 0.29) is 0 Å². The molecule has 13 heavy (non-hydrogen) atoms. The Labute approximate surface area is 79.4 Å². The van der Waals surface area contributed by atoms with E-state index in [1.54, 1.807) is 0 Å². The molecule has 0 atom stereocenters. The fourth-order valence-electron chi connectivity index (χ4n) is 1.78. The number of hydrogen-bond donors (Lipinski definition) is 1. The van der Waals surface area contributed by atoms with Gasteiger partial charge in [-0.05, 0) is 37.3 Å². The number of nitrogens with zero attached hydrogens (tertiary/aromatic N) is 1. The maximum absolute atomic E-state index is 4.31. The number of nitrogens with one attached hydrogen (secondary N) is 1. The van der Waals surface area contributed by atoms with Crippen LogP contribution in [0.4, 0.5) is 5.82 Å². The molecule has 70 valence electrons. The summed E-state index contributed by atoms with van der Waals surface area (Å²) in [5, 5.41) is 3.42. The van der Waals surface area contributed by atoms with E-state index in [2.05, 4.69) is 36.3 Å². The predicted octanol–water partition coefficient (Wildman–Crippen LogP) is 2.60. The van der Waals surface area contributed by atoms with Gasteiger partial charge in [0, 0.05) is 12.2 Å². The summed E-state index contributed by atoms with van der Waals surface area (Å²) in [5.74, 6) is 1.91. The second kappa shape index (κ2) is 3.36. The summed E-state index contributed by atoms with van der Waals surface area (Å²) in [4.78, 5) is 4.31. The summed E-state index contributed by atoms with van der Waals surface area (Å²) >= 11 is 0. The molecule has 2 nitrogen and oxygen atoms in total. The summed E-state index contributed by atoms with van der Waals surface area (Å²) in [7, 11) is 0. The second-order valence-corrected chi connectivity index (χ2v) is 4.14. The molecule has 0 aromatic carbocycles. The van der Waals surface area contributed by atoms with Gasteiger partial charge in [-0.25, -0.2) is 4.98 Å². The van der Waals surface area contributed by atoms with Gasteiger partial charge in [0.15, 0.2) is 0 Å². The van der Waals surface area contributed by atoms with Gasteiger partial charge in [0.2, 0.25) is 0 Å². The molecule has 1 aromatic rings. The van der Waals surface area contributed by atoms with Crippen molar-refractivity contribution < 1.29 is 0 Å². The number of pyridine rings is 1. The van der Waals surface area contributed by atoms with Crippen molar-refractivity contribution >= 4 is 5.82 Å². The number of aryl methyl sites for hydroxylation is 1. The van der Waals surface area contributed by atoms with Crippen LogP contribution < -0.4 is 5.32 Å². The molecular weight excluding hydrogens is 160 g/mol. The smallest absolute Gasteiger partial charge is 0.126 e. The Morgan fingerprint density at radius 3 is 2.69 bits per heavy atom. The molecule has 1 aliphatic rings. The fraction of sp³-hybridized carbons (Fsp3) is 0.545. The largest absolute Gasteiger partial charge is 0.367 e. The van der Waals surface area contributed by atoms with Gasteiger partial charge in [-0.1, -0.05) is 13.0 Å². The summed E-state index contributed by atoms with van der Waals surface area (Å²) < 4.78 is 0. The van der Waals surface area contributed by atoms with Crippen molar-refractivity contribution in [2.45, 2.75) is 32.7 Å². The number of hydrogen-bond acceptors (Lipinski definition) is 2. The average molecular weight is 176 g/mol. The van der Waals surface area contributed by atoms with E-state index >= 15 is 0 Å². The van der Waals surface area contributed by atoms with Gasteiger partial charge in [0.1, 0.15) is 5.82 Å². The summed E-state index contributed by atoms with van der Waals surface area (Å²) in [6.45, 7) is 4.35. The molecule has 1 aromatic heterocycles. The maximum atomic E-state index is 4.31. The van der Waals surface area contributed by atoms with Gasteiger partial charge >= 0.3 is 0 Å². The minimum atomic E-state index is 0.658. The minimum absolute atomic E-state index is 0.658. The minimum Gasteiger partial charge on any atom is -0.367 e. The summed E-state index contributed by atoms with van der Waals surface area (Å²) in [6.07, 6.45) is 4.48. The van der Waals surface area contributed by atoms with E-state index in [4.69, 9.17) is 0 Å². The Hall–Kier alpha value is -1.05. The lowest BCUT2D eigenvalue weighted by molar-refractivity contribution is 0.308. The Morgan fingerprint density at radius 2 is 2.15 bits per heavy atom. The standard InChI is InChI=1S/C11H16N2/c1-8-3-4-11(12-7-8)13-10-5-9(2)6-10/h3-4,7,9-10H,5-6H2,1-2H3,(H,12,13). The maximum Gasteiger partial charge on any atom is 0.126 e. The van der Waals surface area contributed by atoms with Crippen LogP contribution in [0.2, 0.25) is 0 Å². The molecule has 0 radical (unpaired) electrons. The molecule has 0 amide bonds. The highest BCUT2D eigenvalue weighted by atomic mass is 15.0. The van der Waals surface area contributed by atoms with Gasteiger partial charge in [-0.2, -0.15) is 0 Å². The first-order valence-corrected chi connectivity index (χ1v) is 4.93. The average Bonchev–Trinajstić information content (AvgIpc) is 2.06. The molecule has 0 spiro atoms. The van der Waals surface area contributed by atoms with Crippen molar-refractivity contribution in [2.75, 3.05) is 5.32 Å². The van der Waals surface area contributed by atoms with Crippen molar-refractivity contribution in [3.8, 4) is 0 Å². The molecule has 2 heteroatoms. The van der Waals surface area contributed by atoms with E-state index in [1.807, 2.05) is 6.20 Å². The Kier molecular flexibility index (Phi) is 2.21. The normalized spacial score (nSPS) is 26.6.